The predicted octanol–water partition coefficient (Wildman–Crippen LogP) is 4.10. The average molecular weight is 240 g/mol. The fourth-order valence-corrected chi connectivity index (χ4v) is 1.54. The lowest BCUT2D eigenvalue weighted by Crippen LogP contribution is -2.17. The van der Waals surface area contributed by atoms with E-state index in [2.05, 4.69) is 0 Å². The van der Waals surface area contributed by atoms with E-state index in [4.69, 9.17) is 0 Å². The SMILES string of the molecule is Fc1ccc(F)c(C(F)(F)c2ccccc2)c1. The summed E-state index contributed by atoms with van der Waals surface area (Å²) in [4.78, 5) is 0. The van der Waals surface area contributed by atoms with Crippen molar-refractivity contribution in [3.8, 4) is 0 Å². The Balaban J connectivity index is 2.55. The summed E-state index contributed by atoms with van der Waals surface area (Å²) in [6, 6.07) is 8.76. The highest BCUT2D eigenvalue weighted by molar-refractivity contribution is 5.34. The van der Waals surface area contributed by atoms with Gasteiger partial charge in [-0.15, -0.1) is 0 Å². The second-order valence-corrected chi connectivity index (χ2v) is 3.56. The van der Waals surface area contributed by atoms with Crippen molar-refractivity contribution in [3.63, 3.8) is 0 Å². The summed E-state index contributed by atoms with van der Waals surface area (Å²) in [6.45, 7) is 0. The zero-order chi connectivity index (χ0) is 12.5. The largest absolute Gasteiger partial charge is 0.301 e. The van der Waals surface area contributed by atoms with Crippen LogP contribution in [0.2, 0.25) is 0 Å². The Morgan fingerprint density at radius 3 is 2.12 bits per heavy atom. The molecule has 0 aliphatic carbocycles. The first kappa shape index (κ1) is 11.6. The molecule has 0 nitrogen and oxygen atoms in total. The molecule has 0 aromatic heterocycles. The van der Waals surface area contributed by atoms with Crippen molar-refractivity contribution in [3.05, 3.63) is 71.3 Å². The normalized spacial score (nSPS) is 11.5. The van der Waals surface area contributed by atoms with Gasteiger partial charge in [-0.2, -0.15) is 8.78 Å². The van der Waals surface area contributed by atoms with Crippen molar-refractivity contribution < 1.29 is 17.6 Å². The first-order valence-corrected chi connectivity index (χ1v) is 4.90. The fourth-order valence-electron chi connectivity index (χ4n) is 1.54. The van der Waals surface area contributed by atoms with Gasteiger partial charge in [0, 0.05) is 5.56 Å². The Labute approximate surface area is 95.5 Å². The van der Waals surface area contributed by atoms with Crippen LogP contribution >= 0.6 is 0 Å². The minimum absolute atomic E-state index is 0.371. The summed E-state index contributed by atoms with van der Waals surface area (Å²) in [5.74, 6) is -5.56. The zero-order valence-corrected chi connectivity index (χ0v) is 8.63. The van der Waals surface area contributed by atoms with E-state index < -0.39 is 23.1 Å². The van der Waals surface area contributed by atoms with Gasteiger partial charge in [0.05, 0.1) is 5.56 Å². The molecule has 0 heterocycles. The van der Waals surface area contributed by atoms with Crippen LogP contribution in [0, 0.1) is 11.6 Å². The lowest BCUT2D eigenvalue weighted by Gasteiger charge is -2.17. The quantitative estimate of drug-likeness (QED) is 0.693. The summed E-state index contributed by atoms with van der Waals surface area (Å²) in [5.41, 5.74) is -1.33. The van der Waals surface area contributed by atoms with Gasteiger partial charge >= 0.3 is 5.92 Å². The third-order valence-corrected chi connectivity index (χ3v) is 2.40. The second-order valence-electron chi connectivity index (χ2n) is 3.56. The molecule has 0 atom stereocenters. The van der Waals surface area contributed by atoms with Crippen molar-refractivity contribution in [2.24, 2.45) is 0 Å². The molecule has 17 heavy (non-hydrogen) atoms. The van der Waals surface area contributed by atoms with Crippen LogP contribution in [0.4, 0.5) is 17.6 Å². The van der Waals surface area contributed by atoms with Crippen molar-refractivity contribution in [1.29, 1.82) is 0 Å². The van der Waals surface area contributed by atoms with Crippen LogP contribution in [0.15, 0.2) is 48.5 Å². The topological polar surface area (TPSA) is 0 Å². The predicted molar refractivity (Wildman–Crippen MR) is 55.8 cm³/mol. The lowest BCUT2D eigenvalue weighted by molar-refractivity contribution is 0.0385. The number of rotatable bonds is 2. The van der Waals surface area contributed by atoms with E-state index in [-0.39, 0.29) is 5.56 Å². The van der Waals surface area contributed by atoms with Gasteiger partial charge < -0.3 is 0 Å². The number of halogens is 4. The Bertz CT molecular complexity index is 520. The van der Waals surface area contributed by atoms with Crippen molar-refractivity contribution in [2.45, 2.75) is 5.92 Å². The molecule has 2 aromatic rings. The molecule has 0 unspecified atom stereocenters. The molecule has 0 radical (unpaired) electrons. The lowest BCUT2D eigenvalue weighted by atomic mass is 10.00. The van der Waals surface area contributed by atoms with Crippen LogP contribution in [0.1, 0.15) is 11.1 Å². The molecular formula is C13H8F4. The van der Waals surface area contributed by atoms with Crippen LogP contribution in [0.5, 0.6) is 0 Å². The van der Waals surface area contributed by atoms with Crippen molar-refractivity contribution in [1.82, 2.24) is 0 Å². The van der Waals surface area contributed by atoms with Crippen LogP contribution in [0.3, 0.4) is 0 Å². The molecule has 4 heteroatoms. The molecule has 0 aliphatic heterocycles. The fraction of sp³-hybridized carbons (Fsp3) is 0.0769. The van der Waals surface area contributed by atoms with Crippen LogP contribution in [0.25, 0.3) is 0 Å². The first-order valence-electron chi connectivity index (χ1n) is 4.90. The number of benzene rings is 2. The van der Waals surface area contributed by atoms with Crippen molar-refractivity contribution >= 4 is 0 Å². The molecule has 0 spiro atoms. The van der Waals surface area contributed by atoms with E-state index in [0.29, 0.717) is 12.1 Å². The number of alkyl halides is 2. The van der Waals surface area contributed by atoms with Crippen LogP contribution in [-0.4, -0.2) is 0 Å². The van der Waals surface area contributed by atoms with E-state index >= 15 is 0 Å². The Morgan fingerprint density at radius 2 is 1.47 bits per heavy atom. The number of hydrogen-bond donors (Lipinski definition) is 0. The number of hydrogen-bond acceptors (Lipinski definition) is 0. The van der Waals surface area contributed by atoms with Crippen LogP contribution in [-0.2, 0) is 5.92 Å². The second kappa shape index (κ2) is 4.20. The average Bonchev–Trinajstić information content (AvgIpc) is 2.33. The standard InChI is InChI=1S/C13H8F4/c14-10-6-7-12(15)11(8-10)13(16,17)9-4-2-1-3-5-9/h1-8H. The molecule has 88 valence electrons. The molecule has 0 aliphatic rings. The van der Waals surface area contributed by atoms with Gasteiger partial charge in [-0.1, -0.05) is 30.3 Å². The van der Waals surface area contributed by atoms with Crippen molar-refractivity contribution in [2.75, 3.05) is 0 Å². The molecule has 0 amide bonds. The van der Waals surface area contributed by atoms with Gasteiger partial charge in [0.15, 0.2) is 0 Å². The Morgan fingerprint density at radius 1 is 0.824 bits per heavy atom. The van der Waals surface area contributed by atoms with Gasteiger partial charge in [-0.05, 0) is 18.2 Å². The van der Waals surface area contributed by atoms with Crippen LogP contribution < -0.4 is 0 Å². The monoisotopic (exact) mass is 240 g/mol. The summed E-state index contributed by atoms with van der Waals surface area (Å²) in [7, 11) is 0. The van der Waals surface area contributed by atoms with Gasteiger partial charge in [-0.3, -0.25) is 0 Å². The maximum atomic E-state index is 13.9. The molecule has 0 saturated heterocycles. The van der Waals surface area contributed by atoms with Gasteiger partial charge in [0.2, 0.25) is 0 Å². The third-order valence-electron chi connectivity index (χ3n) is 2.40. The van der Waals surface area contributed by atoms with E-state index in [1.807, 2.05) is 0 Å². The first-order chi connectivity index (χ1) is 8.01. The molecule has 0 saturated carbocycles. The summed E-state index contributed by atoms with van der Waals surface area (Å²) in [5, 5.41) is 0. The summed E-state index contributed by atoms with van der Waals surface area (Å²) >= 11 is 0. The highest BCUT2D eigenvalue weighted by Gasteiger charge is 2.36. The van der Waals surface area contributed by atoms with Gasteiger partial charge in [-0.25, -0.2) is 8.78 Å². The molecular weight excluding hydrogens is 232 g/mol. The smallest absolute Gasteiger partial charge is 0.207 e. The Hall–Kier alpha value is -1.84. The molecule has 0 fully saturated rings. The van der Waals surface area contributed by atoms with Gasteiger partial charge in [0.25, 0.3) is 0 Å². The minimum Gasteiger partial charge on any atom is -0.207 e. The molecule has 0 bridgehead atoms. The van der Waals surface area contributed by atoms with E-state index in [0.717, 1.165) is 6.07 Å². The third kappa shape index (κ3) is 2.16. The molecule has 0 N–H and O–H groups in total. The van der Waals surface area contributed by atoms with Gasteiger partial charge in [0.1, 0.15) is 11.6 Å². The highest BCUT2D eigenvalue weighted by Crippen LogP contribution is 2.37. The van der Waals surface area contributed by atoms with E-state index in [1.54, 1.807) is 6.07 Å². The highest BCUT2D eigenvalue weighted by atomic mass is 19.3. The van der Waals surface area contributed by atoms with E-state index in [1.165, 1.54) is 24.3 Å². The molecule has 2 rings (SSSR count). The zero-order valence-electron chi connectivity index (χ0n) is 8.63. The van der Waals surface area contributed by atoms with E-state index in [9.17, 15) is 17.6 Å². The Kier molecular flexibility index (Phi) is 2.88. The summed E-state index contributed by atoms with van der Waals surface area (Å²) in [6.07, 6.45) is 0. The molecule has 2 aromatic carbocycles. The minimum atomic E-state index is -3.55. The summed E-state index contributed by atoms with van der Waals surface area (Å²) < 4.78 is 54.0. The maximum Gasteiger partial charge on any atom is 0.301 e. The maximum absolute atomic E-state index is 13.9.